The van der Waals surface area contributed by atoms with Crippen LogP contribution < -0.4 is 10.2 Å². The largest absolute Gasteiger partial charge is 0.488 e. The molecular weight excluding hydrogens is 454 g/mol. The van der Waals surface area contributed by atoms with Crippen LogP contribution in [-0.2, 0) is 6.61 Å². The minimum Gasteiger partial charge on any atom is -0.488 e. The smallest absolute Gasteiger partial charge is 0.271 e. The van der Waals surface area contributed by atoms with Gasteiger partial charge in [-0.25, -0.2) is 5.43 Å². The molecule has 7 heteroatoms. The van der Waals surface area contributed by atoms with Gasteiger partial charge >= 0.3 is 0 Å². The van der Waals surface area contributed by atoms with Crippen LogP contribution in [0.1, 0.15) is 27.0 Å². The molecule has 0 aliphatic heterocycles. The van der Waals surface area contributed by atoms with E-state index >= 15 is 0 Å². The Morgan fingerprint density at radius 1 is 1.17 bits per heavy atom. The summed E-state index contributed by atoms with van der Waals surface area (Å²) in [4.78, 5) is 12.0. The molecule has 3 aromatic rings. The summed E-state index contributed by atoms with van der Waals surface area (Å²) in [6.45, 7) is 0.283. The summed E-state index contributed by atoms with van der Waals surface area (Å²) in [7, 11) is 0. The van der Waals surface area contributed by atoms with Crippen molar-refractivity contribution >= 4 is 39.7 Å². The number of rotatable bonds is 6. The van der Waals surface area contributed by atoms with Crippen molar-refractivity contribution in [3.8, 4) is 11.8 Å². The first-order chi connectivity index (χ1) is 14.1. The number of ether oxygens (including phenoxy) is 1. The summed E-state index contributed by atoms with van der Waals surface area (Å²) in [6, 6.07) is 21.5. The summed E-state index contributed by atoms with van der Waals surface area (Å²) in [5, 5.41) is 13.6. The summed E-state index contributed by atoms with van der Waals surface area (Å²) in [5.41, 5.74) is 5.06. The fourth-order valence-electron chi connectivity index (χ4n) is 2.48. The molecule has 0 bridgehead atoms. The normalized spacial score (nSPS) is 10.5. The second kappa shape index (κ2) is 9.87. The number of carbonyl (C=O) groups is 1. The Hall–Kier alpha value is -3.14. The van der Waals surface area contributed by atoms with Crippen molar-refractivity contribution in [3.05, 3.63) is 98.5 Å². The molecule has 1 N–H and O–H groups in total. The molecule has 0 aromatic heterocycles. The van der Waals surface area contributed by atoms with E-state index in [1.165, 1.54) is 6.21 Å². The van der Waals surface area contributed by atoms with Crippen LogP contribution in [-0.4, -0.2) is 12.1 Å². The predicted octanol–water partition coefficient (Wildman–Crippen LogP) is 5.32. The molecule has 0 fully saturated rings. The van der Waals surface area contributed by atoms with Crippen LogP contribution in [0.25, 0.3) is 0 Å². The maximum Gasteiger partial charge on any atom is 0.271 e. The van der Waals surface area contributed by atoms with E-state index < -0.39 is 0 Å². The maximum atomic E-state index is 12.0. The second-order valence-electron chi connectivity index (χ2n) is 5.96. The molecule has 3 rings (SSSR count). The number of nitriles is 1. The summed E-state index contributed by atoms with van der Waals surface area (Å²) in [5.74, 6) is 0.289. The Morgan fingerprint density at radius 2 is 2.00 bits per heavy atom. The van der Waals surface area contributed by atoms with Crippen molar-refractivity contribution in [3.63, 3.8) is 0 Å². The highest BCUT2D eigenvalue weighted by molar-refractivity contribution is 9.10. The number of halogens is 2. The highest BCUT2D eigenvalue weighted by Crippen LogP contribution is 2.26. The van der Waals surface area contributed by atoms with Crippen LogP contribution in [0, 0.1) is 11.3 Å². The number of hydrazone groups is 1. The second-order valence-corrected chi connectivity index (χ2v) is 7.25. The van der Waals surface area contributed by atoms with Crippen LogP contribution in [0.4, 0.5) is 0 Å². The average molecular weight is 469 g/mol. The number of hydrogen-bond donors (Lipinski definition) is 1. The Morgan fingerprint density at radius 3 is 2.76 bits per heavy atom. The molecule has 0 aliphatic carbocycles. The highest BCUT2D eigenvalue weighted by Gasteiger charge is 2.06. The SMILES string of the molecule is N#Cc1ccccc1COc1ccc(C=NNC(=O)c2cccc(Cl)c2)cc1Br. The summed E-state index contributed by atoms with van der Waals surface area (Å²) in [6.07, 6.45) is 1.53. The number of nitrogens with zero attached hydrogens (tertiary/aromatic N) is 2. The van der Waals surface area contributed by atoms with Crippen LogP contribution in [0.15, 0.2) is 76.3 Å². The Balaban J connectivity index is 1.61. The van der Waals surface area contributed by atoms with Gasteiger partial charge in [0.1, 0.15) is 12.4 Å². The summed E-state index contributed by atoms with van der Waals surface area (Å²) < 4.78 is 6.54. The number of carbonyl (C=O) groups excluding carboxylic acids is 1. The first-order valence-electron chi connectivity index (χ1n) is 8.56. The van der Waals surface area contributed by atoms with Crippen LogP contribution in [0.3, 0.4) is 0 Å². The lowest BCUT2D eigenvalue weighted by atomic mass is 10.1. The van der Waals surface area contributed by atoms with Gasteiger partial charge in [0.05, 0.1) is 22.3 Å². The van der Waals surface area contributed by atoms with Crippen molar-refractivity contribution in [2.75, 3.05) is 0 Å². The van der Waals surface area contributed by atoms with Gasteiger partial charge in [-0.05, 0) is 64.0 Å². The quantitative estimate of drug-likeness (QED) is 0.393. The van der Waals surface area contributed by atoms with Crippen molar-refractivity contribution in [2.24, 2.45) is 5.10 Å². The standard InChI is InChI=1S/C22H15BrClN3O2/c23-20-10-15(13-26-27-22(28)16-6-3-7-19(24)11-16)8-9-21(20)29-14-18-5-2-1-4-17(18)12-25/h1-11,13H,14H2,(H,27,28). The van der Waals surface area contributed by atoms with E-state index in [1.54, 1.807) is 36.4 Å². The predicted molar refractivity (Wildman–Crippen MR) is 116 cm³/mol. The van der Waals surface area contributed by atoms with Crippen molar-refractivity contribution < 1.29 is 9.53 Å². The van der Waals surface area contributed by atoms with Gasteiger partial charge in [-0.2, -0.15) is 10.4 Å². The van der Waals surface area contributed by atoms with Crippen molar-refractivity contribution in [2.45, 2.75) is 6.61 Å². The van der Waals surface area contributed by atoms with Crippen LogP contribution in [0.2, 0.25) is 5.02 Å². The van der Waals surface area contributed by atoms with E-state index in [4.69, 9.17) is 21.6 Å². The van der Waals surface area contributed by atoms with Crippen LogP contribution in [0.5, 0.6) is 5.75 Å². The van der Waals surface area contributed by atoms with Crippen LogP contribution >= 0.6 is 27.5 Å². The van der Waals surface area contributed by atoms with Gasteiger partial charge in [0.2, 0.25) is 0 Å². The molecule has 29 heavy (non-hydrogen) atoms. The average Bonchev–Trinajstić information content (AvgIpc) is 2.73. The lowest BCUT2D eigenvalue weighted by Gasteiger charge is -2.10. The molecule has 3 aromatic carbocycles. The molecule has 0 radical (unpaired) electrons. The Bertz CT molecular complexity index is 1110. The van der Waals surface area contributed by atoms with E-state index in [0.29, 0.717) is 21.9 Å². The molecule has 0 unspecified atom stereocenters. The molecule has 1 amide bonds. The van der Waals surface area contributed by atoms with E-state index in [0.717, 1.165) is 15.6 Å². The van der Waals surface area contributed by atoms with E-state index in [2.05, 4.69) is 32.5 Å². The van der Waals surface area contributed by atoms with E-state index in [1.807, 2.05) is 30.3 Å². The summed E-state index contributed by atoms with van der Waals surface area (Å²) >= 11 is 9.35. The fourth-order valence-corrected chi connectivity index (χ4v) is 3.19. The van der Waals surface area contributed by atoms with Gasteiger partial charge in [-0.3, -0.25) is 4.79 Å². The minimum absolute atomic E-state index is 0.283. The molecular formula is C22H15BrClN3O2. The van der Waals surface area contributed by atoms with Crippen molar-refractivity contribution in [1.82, 2.24) is 5.43 Å². The van der Waals surface area contributed by atoms with Gasteiger partial charge in [-0.15, -0.1) is 0 Å². The van der Waals surface area contributed by atoms with Gasteiger partial charge < -0.3 is 4.74 Å². The zero-order chi connectivity index (χ0) is 20.6. The third-order valence-electron chi connectivity index (χ3n) is 3.94. The fraction of sp³-hybridized carbons (Fsp3) is 0.0455. The molecule has 144 valence electrons. The molecule has 0 saturated carbocycles. The highest BCUT2D eigenvalue weighted by atomic mass is 79.9. The number of amides is 1. The molecule has 0 heterocycles. The van der Waals surface area contributed by atoms with Crippen molar-refractivity contribution in [1.29, 1.82) is 5.26 Å². The Kier molecular flexibility index (Phi) is 7.01. The Labute approximate surface area is 181 Å². The topological polar surface area (TPSA) is 74.5 Å². The zero-order valence-corrected chi connectivity index (χ0v) is 17.4. The third kappa shape index (κ3) is 5.67. The first kappa shape index (κ1) is 20.6. The number of hydrogen-bond acceptors (Lipinski definition) is 4. The third-order valence-corrected chi connectivity index (χ3v) is 4.80. The number of benzene rings is 3. The number of nitrogens with one attached hydrogen (secondary N) is 1. The van der Waals surface area contributed by atoms with Gasteiger partial charge in [0.15, 0.2) is 0 Å². The van der Waals surface area contributed by atoms with E-state index in [-0.39, 0.29) is 12.5 Å². The molecule has 0 aliphatic rings. The minimum atomic E-state index is -0.348. The molecule has 5 nitrogen and oxygen atoms in total. The van der Waals surface area contributed by atoms with Gasteiger partial charge in [0, 0.05) is 16.1 Å². The lowest BCUT2D eigenvalue weighted by Crippen LogP contribution is -2.17. The molecule has 0 spiro atoms. The maximum absolute atomic E-state index is 12.0. The molecule has 0 atom stereocenters. The lowest BCUT2D eigenvalue weighted by molar-refractivity contribution is 0.0955. The zero-order valence-electron chi connectivity index (χ0n) is 15.1. The molecule has 0 saturated heterocycles. The van der Waals surface area contributed by atoms with Gasteiger partial charge in [-0.1, -0.05) is 35.9 Å². The van der Waals surface area contributed by atoms with Gasteiger partial charge in [0.25, 0.3) is 5.91 Å². The van der Waals surface area contributed by atoms with E-state index in [9.17, 15) is 4.79 Å². The monoisotopic (exact) mass is 467 g/mol. The first-order valence-corrected chi connectivity index (χ1v) is 9.73.